The Morgan fingerprint density at radius 1 is 0.556 bits per heavy atom. The lowest BCUT2D eigenvalue weighted by Gasteiger charge is -2.19. The van der Waals surface area contributed by atoms with Gasteiger partial charge in [0.1, 0.15) is 23.0 Å². The van der Waals surface area contributed by atoms with Crippen molar-refractivity contribution in [3.8, 4) is 23.0 Å². The Labute approximate surface area is 214 Å². The summed E-state index contributed by atoms with van der Waals surface area (Å²) in [5, 5.41) is 0. The lowest BCUT2D eigenvalue weighted by molar-refractivity contribution is 0.481. The molecule has 0 aliphatic carbocycles. The Morgan fingerprint density at radius 2 is 1.00 bits per heavy atom. The van der Waals surface area contributed by atoms with Crippen molar-refractivity contribution < 1.29 is 9.47 Å². The molecular weight excluding hydrogens is 444 g/mol. The number of unbranched alkanes of at least 4 members (excludes halogenated alkanes) is 3. The van der Waals surface area contributed by atoms with Crippen LogP contribution in [0.25, 0.3) is 0 Å². The summed E-state index contributed by atoms with van der Waals surface area (Å²) in [6, 6.07) is 31.9. The van der Waals surface area contributed by atoms with Crippen molar-refractivity contribution in [1.29, 1.82) is 0 Å². The van der Waals surface area contributed by atoms with Gasteiger partial charge in [-0.05, 0) is 103 Å². The summed E-state index contributed by atoms with van der Waals surface area (Å²) in [6.45, 7) is 2.26. The topological polar surface area (TPSA) is 70.5 Å². The molecule has 1 atom stereocenters. The molecule has 0 spiro atoms. The number of hydrogen-bond acceptors (Lipinski definition) is 4. The van der Waals surface area contributed by atoms with Gasteiger partial charge in [-0.25, -0.2) is 0 Å². The van der Waals surface area contributed by atoms with Crippen LogP contribution in [0, 0.1) is 0 Å². The molecule has 0 saturated carbocycles. The van der Waals surface area contributed by atoms with E-state index >= 15 is 0 Å². The molecule has 186 valence electrons. The average Bonchev–Trinajstić information content (AvgIpc) is 2.90. The van der Waals surface area contributed by atoms with Gasteiger partial charge in [-0.15, -0.1) is 0 Å². The van der Waals surface area contributed by atoms with E-state index in [2.05, 4.69) is 43.3 Å². The third kappa shape index (κ3) is 7.54. The van der Waals surface area contributed by atoms with Gasteiger partial charge >= 0.3 is 0 Å². The predicted octanol–water partition coefficient (Wildman–Crippen LogP) is 8.73. The highest BCUT2D eigenvalue weighted by atomic mass is 16.5. The Kier molecular flexibility index (Phi) is 8.87. The number of rotatable bonds is 12. The summed E-state index contributed by atoms with van der Waals surface area (Å²) < 4.78 is 12.0. The van der Waals surface area contributed by atoms with Crippen LogP contribution in [0.1, 0.15) is 56.1 Å². The summed E-state index contributed by atoms with van der Waals surface area (Å²) in [5.41, 5.74) is 15.7. The predicted molar refractivity (Wildman–Crippen MR) is 150 cm³/mol. The normalized spacial score (nSPS) is 11.7. The maximum Gasteiger partial charge on any atom is 0.127 e. The van der Waals surface area contributed by atoms with Crippen LogP contribution in [0.3, 0.4) is 0 Å². The maximum atomic E-state index is 5.99. The smallest absolute Gasteiger partial charge is 0.127 e. The Balaban J connectivity index is 1.42. The van der Waals surface area contributed by atoms with Gasteiger partial charge in [0.25, 0.3) is 0 Å². The van der Waals surface area contributed by atoms with Crippen LogP contribution in [0.2, 0.25) is 0 Å². The highest BCUT2D eigenvalue weighted by Gasteiger charge is 2.13. The first-order valence-corrected chi connectivity index (χ1v) is 12.8. The van der Waals surface area contributed by atoms with Crippen molar-refractivity contribution in [3.63, 3.8) is 0 Å². The number of anilines is 2. The van der Waals surface area contributed by atoms with E-state index in [0.717, 1.165) is 40.8 Å². The van der Waals surface area contributed by atoms with Crippen LogP contribution in [0.4, 0.5) is 11.4 Å². The van der Waals surface area contributed by atoms with E-state index < -0.39 is 0 Å². The zero-order valence-corrected chi connectivity index (χ0v) is 21.0. The van der Waals surface area contributed by atoms with Crippen LogP contribution in [0.5, 0.6) is 23.0 Å². The van der Waals surface area contributed by atoms with E-state index in [-0.39, 0.29) is 0 Å². The third-order valence-electron chi connectivity index (χ3n) is 6.39. The van der Waals surface area contributed by atoms with Gasteiger partial charge in [0.05, 0.1) is 0 Å². The molecule has 4 aromatic carbocycles. The molecule has 0 amide bonds. The van der Waals surface area contributed by atoms with Crippen molar-refractivity contribution >= 4 is 11.4 Å². The number of hydrogen-bond donors (Lipinski definition) is 2. The fourth-order valence-electron chi connectivity index (χ4n) is 4.33. The van der Waals surface area contributed by atoms with Crippen LogP contribution in [-0.4, -0.2) is 0 Å². The third-order valence-corrected chi connectivity index (χ3v) is 6.39. The number of ether oxygens (including phenoxy) is 2. The quantitative estimate of drug-likeness (QED) is 0.157. The van der Waals surface area contributed by atoms with E-state index in [0.29, 0.717) is 5.92 Å². The molecule has 0 radical (unpaired) electrons. The molecule has 4 rings (SSSR count). The van der Waals surface area contributed by atoms with Gasteiger partial charge in [-0.1, -0.05) is 56.9 Å². The molecular formula is C32H36N2O2. The lowest BCUT2D eigenvalue weighted by Crippen LogP contribution is -2.04. The second-order valence-corrected chi connectivity index (χ2v) is 9.31. The summed E-state index contributed by atoms with van der Waals surface area (Å²) in [5.74, 6) is 3.68. The van der Waals surface area contributed by atoms with Crippen LogP contribution in [-0.2, 0) is 6.42 Å². The minimum Gasteiger partial charge on any atom is -0.457 e. The van der Waals surface area contributed by atoms with E-state index in [1.165, 1.54) is 43.2 Å². The van der Waals surface area contributed by atoms with Crippen molar-refractivity contribution in [3.05, 3.63) is 108 Å². The second-order valence-electron chi connectivity index (χ2n) is 9.31. The monoisotopic (exact) mass is 480 g/mol. The first-order chi connectivity index (χ1) is 17.6. The largest absolute Gasteiger partial charge is 0.457 e. The van der Waals surface area contributed by atoms with Crippen LogP contribution in [0.15, 0.2) is 97.1 Å². The molecule has 0 aliphatic heterocycles. The maximum absolute atomic E-state index is 5.99. The first-order valence-electron chi connectivity index (χ1n) is 12.8. The molecule has 4 N–H and O–H groups in total. The average molecular weight is 481 g/mol. The van der Waals surface area contributed by atoms with E-state index in [1.807, 2.05) is 60.7 Å². The number of nitrogens with two attached hydrogens (primary N) is 2. The number of nitrogen functional groups attached to an aromatic ring is 2. The molecule has 0 saturated heterocycles. The molecule has 4 aromatic rings. The molecule has 1 unspecified atom stereocenters. The summed E-state index contributed by atoms with van der Waals surface area (Å²) in [4.78, 5) is 0. The van der Waals surface area contributed by atoms with Gasteiger partial charge in [0, 0.05) is 11.4 Å². The Hall–Kier alpha value is -3.92. The molecule has 0 aliphatic rings. The summed E-state index contributed by atoms with van der Waals surface area (Å²) in [6.07, 6.45) is 7.21. The van der Waals surface area contributed by atoms with Crippen molar-refractivity contribution in [2.75, 3.05) is 11.5 Å². The summed E-state index contributed by atoms with van der Waals surface area (Å²) in [7, 11) is 0. The van der Waals surface area contributed by atoms with E-state index in [1.54, 1.807) is 0 Å². The Morgan fingerprint density at radius 3 is 1.47 bits per heavy atom. The van der Waals surface area contributed by atoms with Crippen LogP contribution < -0.4 is 20.9 Å². The first kappa shape index (κ1) is 25.2. The van der Waals surface area contributed by atoms with Gasteiger partial charge in [-0.2, -0.15) is 0 Å². The molecule has 36 heavy (non-hydrogen) atoms. The zero-order valence-electron chi connectivity index (χ0n) is 21.0. The Bertz CT molecular complexity index is 1190. The lowest BCUT2D eigenvalue weighted by atomic mass is 9.87. The van der Waals surface area contributed by atoms with Gasteiger partial charge < -0.3 is 20.9 Å². The minimum absolute atomic E-state index is 0.455. The molecule has 0 aromatic heterocycles. The molecule has 0 bridgehead atoms. The zero-order chi connectivity index (χ0) is 25.2. The van der Waals surface area contributed by atoms with Gasteiger partial charge in [0.15, 0.2) is 0 Å². The highest BCUT2D eigenvalue weighted by molar-refractivity contribution is 5.44. The summed E-state index contributed by atoms with van der Waals surface area (Å²) >= 11 is 0. The van der Waals surface area contributed by atoms with E-state index in [4.69, 9.17) is 20.9 Å². The highest BCUT2D eigenvalue weighted by Crippen LogP contribution is 2.31. The van der Waals surface area contributed by atoms with Gasteiger partial charge in [0.2, 0.25) is 0 Å². The van der Waals surface area contributed by atoms with Crippen molar-refractivity contribution in [1.82, 2.24) is 0 Å². The van der Waals surface area contributed by atoms with Crippen molar-refractivity contribution in [2.24, 2.45) is 0 Å². The molecule has 4 nitrogen and oxygen atoms in total. The molecule has 0 heterocycles. The van der Waals surface area contributed by atoms with Gasteiger partial charge in [-0.3, -0.25) is 0 Å². The van der Waals surface area contributed by atoms with Crippen LogP contribution >= 0.6 is 0 Å². The minimum atomic E-state index is 0.455. The molecule has 4 heteroatoms. The number of benzene rings is 4. The van der Waals surface area contributed by atoms with Crippen molar-refractivity contribution in [2.45, 2.75) is 51.4 Å². The fourth-order valence-corrected chi connectivity index (χ4v) is 4.33. The SMILES string of the molecule is CCCCCCC(Cc1ccc(Oc2ccc(N)cc2)cc1)c1ccc(Oc2ccc(N)cc2)cc1. The van der Waals surface area contributed by atoms with E-state index in [9.17, 15) is 0 Å². The fraction of sp³-hybridized carbons (Fsp3) is 0.250. The standard InChI is InChI=1S/C32H36N2O2/c1-2-3-4-5-6-26(25-9-17-30(18-10-25)36-32-21-13-28(34)14-22-32)23-24-7-15-29(16-8-24)35-31-19-11-27(33)12-20-31/h7-22,26H,2-6,23,33-34H2,1H3. The molecule has 0 fully saturated rings. The second kappa shape index (κ2) is 12.7.